The van der Waals surface area contributed by atoms with Gasteiger partial charge in [0.25, 0.3) is 15.9 Å². The first-order valence-electron chi connectivity index (χ1n) is 9.55. The third-order valence-electron chi connectivity index (χ3n) is 4.72. The molecule has 0 heterocycles. The molecule has 0 aliphatic rings. The molecule has 2 N–H and O–H groups in total. The lowest BCUT2D eigenvalue weighted by atomic mass is 10.0. The summed E-state index contributed by atoms with van der Waals surface area (Å²) in [6.07, 6.45) is 0.734. The minimum atomic E-state index is -3.78. The van der Waals surface area contributed by atoms with Gasteiger partial charge in [0.05, 0.1) is 21.6 Å². The molecule has 3 aromatic carbocycles. The van der Waals surface area contributed by atoms with E-state index in [1.807, 2.05) is 44.2 Å². The van der Waals surface area contributed by atoms with Gasteiger partial charge in [0.15, 0.2) is 0 Å². The molecule has 1 unspecified atom stereocenters. The molecular weight excluding hydrogens is 420 g/mol. The Kier molecular flexibility index (Phi) is 6.80. The molecule has 7 heteroatoms. The number of halogens is 1. The van der Waals surface area contributed by atoms with Crippen LogP contribution in [0.15, 0.2) is 77.7 Å². The predicted molar refractivity (Wildman–Crippen MR) is 120 cm³/mol. The number of nitrogens with one attached hydrogen (secondary N) is 2. The predicted octanol–water partition coefficient (Wildman–Crippen LogP) is 5.33. The minimum absolute atomic E-state index is 0.128. The molecule has 3 rings (SSSR count). The second kappa shape index (κ2) is 9.32. The topological polar surface area (TPSA) is 75.3 Å². The average molecular weight is 443 g/mol. The summed E-state index contributed by atoms with van der Waals surface area (Å²) < 4.78 is 27.6. The van der Waals surface area contributed by atoms with E-state index in [2.05, 4.69) is 10.0 Å². The summed E-state index contributed by atoms with van der Waals surface area (Å²) in [6.45, 7) is 3.87. The minimum Gasteiger partial charge on any atom is -0.345 e. The molecular formula is C23H23ClN2O3S. The first-order chi connectivity index (χ1) is 14.3. The molecule has 1 amide bonds. The number of anilines is 1. The van der Waals surface area contributed by atoms with Crippen LogP contribution >= 0.6 is 11.6 Å². The Morgan fingerprint density at radius 2 is 1.67 bits per heavy atom. The second-order valence-corrected chi connectivity index (χ2v) is 9.05. The van der Waals surface area contributed by atoms with Crippen molar-refractivity contribution in [3.8, 4) is 0 Å². The normalized spacial score (nSPS) is 12.2. The van der Waals surface area contributed by atoms with Crippen molar-refractivity contribution < 1.29 is 13.2 Å². The van der Waals surface area contributed by atoms with E-state index in [9.17, 15) is 13.2 Å². The highest BCUT2D eigenvalue weighted by atomic mass is 35.5. The van der Waals surface area contributed by atoms with E-state index < -0.39 is 10.0 Å². The Balaban J connectivity index is 1.76. The fourth-order valence-corrected chi connectivity index (χ4v) is 4.37. The lowest BCUT2D eigenvalue weighted by molar-refractivity contribution is 0.0935. The average Bonchev–Trinajstić information content (AvgIpc) is 2.74. The van der Waals surface area contributed by atoms with E-state index in [0.29, 0.717) is 5.56 Å². The molecule has 30 heavy (non-hydrogen) atoms. The van der Waals surface area contributed by atoms with Gasteiger partial charge in [0.2, 0.25) is 0 Å². The molecule has 156 valence electrons. The molecule has 0 aromatic heterocycles. The molecule has 0 spiro atoms. The monoisotopic (exact) mass is 442 g/mol. The number of carbonyl (C=O) groups is 1. The molecule has 0 fully saturated rings. The molecule has 0 radical (unpaired) electrons. The number of hydrogen-bond acceptors (Lipinski definition) is 3. The zero-order valence-electron chi connectivity index (χ0n) is 16.7. The SMILES string of the molecule is CCC(NC(=O)c1ccc(NS(=O)(=O)c2ccc(C)cc2)c(Cl)c1)c1ccccc1. The highest BCUT2D eigenvalue weighted by molar-refractivity contribution is 7.92. The summed E-state index contributed by atoms with van der Waals surface area (Å²) in [5.41, 5.74) is 2.54. The summed E-state index contributed by atoms with van der Waals surface area (Å²) >= 11 is 6.27. The van der Waals surface area contributed by atoms with Crippen LogP contribution in [0.3, 0.4) is 0 Å². The summed E-state index contributed by atoms with van der Waals surface area (Å²) in [5, 5.41) is 3.13. The van der Waals surface area contributed by atoms with Gasteiger partial charge in [-0.05, 0) is 49.2 Å². The fraction of sp³-hybridized carbons (Fsp3) is 0.174. The Morgan fingerprint density at radius 1 is 1.00 bits per heavy atom. The molecule has 0 aliphatic carbocycles. The molecule has 0 bridgehead atoms. The Bertz CT molecular complexity index is 1130. The maximum absolute atomic E-state index is 12.7. The maximum atomic E-state index is 12.7. The van der Waals surface area contributed by atoms with Crippen LogP contribution < -0.4 is 10.0 Å². The molecule has 0 saturated heterocycles. The van der Waals surface area contributed by atoms with E-state index in [1.165, 1.54) is 24.3 Å². The highest BCUT2D eigenvalue weighted by Gasteiger charge is 2.18. The van der Waals surface area contributed by atoms with Crippen LogP contribution in [-0.4, -0.2) is 14.3 Å². The van der Waals surface area contributed by atoms with Gasteiger partial charge in [0.1, 0.15) is 0 Å². The van der Waals surface area contributed by atoms with Crippen LogP contribution in [0, 0.1) is 6.92 Å². The van der Waals surface area contributed by atoms with Crippen LogP contribution in [-0.2, 0) is 10.0 Å². The number of hydrogen-bond donors (Lipinski definition) is 2. The van der Waals surface area contributed by atoms with Crippen molar-refractivity contribution in [2.45, 2.75) is 31.2 Å². The number of amides is 1. The molecule has 1 atom stereocenters. The van der Waals surface area contributed by atoms with Gasteiger partial charge < -0.3 is 5.32 Å². The summed E-state index contributed by atoms with van der Waals surface area (Å²) in [5.74, 6) is -0.277. The van der Waals surface area contributed by atoms with Crippen LogP contribution in [0.4, 0.5) is 5.69 Å². The lowest BCUT2D eigenvalue weighted by Gasteiger charge is -2.18. The third kappa shape index (κ3) is 5.20. The largest absolute Gasteiger partial charge is 0.345 e. The highest BCUT2D eigenvalue weighted by Crippen LogP contribution is 2.26. The van der Waals surface area contributed by atoms with E-state index in [-0.39, 0.29) is 27.6 Å². The van der Waals surface area contributed by atoms with Crippen molar-refractivity contribution in [1.82, 2.24) is 5.32 Å². The Hall–Kier alpha value is -2.83. The van der Waals surface area contributed by atoms with Gasteiger partial charge in [-0.3, -0.25) is 9.52 Å². The van der Waals surface area contributed by atoms with Crippen LogP contribution in [0.1, 0.15) is 40.9 Å². The van der Waals surface area contributed by atoms with Crippen molar-refractivity contribution in [3.63, 3.8) is 0 Å². The van der Waals surface area contributed by atoms with E-state index in [1.54, 1.807) is 18.2 Å². The Labute approximate surface area is 182 Å². The van der Waals surface area contributed by atoms with Crippen LogP contribution in [0.2, 0.25) is 5.02 Å². The fourth-order valence-electron chi connectivity index (χ4n) is 3.01. The Morgan fingerprint density at radius 3 is 2.27 bits per heavy atom. The maximum Gasteiger partial charge on any atom is 0.261 e. The second-order valence-electron chi connectivity index (χ2n) is 6.96. The molecule has 0 aliphatic heterocycles. The smallest absolute Gasteiger partial charge is 0.261 e. The van der Waals surface area contributed by atoms with Gasteiger partial charge in [-0.15, -0.1) is 0 Å². The summed E-state index contributed by atoms with van der Waals surface area (Å²) in [6, 6.07) is 20.6. The van der Waals surface area contributed by atoms with Gasteiger partial charge in [-0.1, -0.05) is 66.6 Å². The van der Waals surface area contributed by atoms with Gasteiger partial charge in [-0.2, -0.15) is 0 Å². The molecule has 3 aromatic rings. The van der Waals surface area contributed by atoms with Gasteiger partial charge in [-0.25, -0.2) is 8.42 Å². The van der Waals surface area contributed by atoms with E-state index >= 15 is 0 Å². The van der Waals surface area contributed by atoms with Crippen molar-refractivity contribution in [2.75, 3.05) is 4.72 Å². The zero-order valence-corrected chi connectivity index (χ0v) is 18.3. The van der Waals surface area contributed by atoms with Gasteiger partial charge in [0, 0.05) is 5.56 Å². The molecule has 0 saturated carbocycles. The number of benzene rings is 3. The molecule has 5 nitrogen and oxygen atoms in total. The van der Waals surface area contributed by atoms with Crippen molar-refractivity contribution >= 4 is 33.2 Å². The number of carbonyl (C=O) groups excluding carboxylic acids is 1. The van der Waals surface area contributed by atoms with Crippen molar-refractivity contribution in [1.29, 1.82) is 0 Å². The van der Waals surface area contributed by atoms with Gasteiger partial charge >= 0.3 is 0 Å². The third-order valence-corrected chi connectivity index (χ3v) is 6.42. The standard InChI is InChI=1S/C23H23ClN2O3S/c1-3-21(17-7-5-4-6-8-17)25-23(27)18-11-14-22(20(24)15-18)26-30(28,29)19-12-9-16(2)10-13-19/h4-15,21,26H,3H2,1-2H3,(H,25,27). The quantitative estimate of drug-likeness (QED) is 0.519. The van der Waals surface area contributed by atoms with Crippen molar-refractivity contribution in [3.05, 3.63) is 94.5 Å². The summed E-state index contributed by atoms with van der Waals surface area (Å²) in [7, 11) is -3.78. The van der Waals surface area contributed by atoms with E-state index in [4.69, 9.17) is 11.6 Å². The lowest BCUT2D eigenvalue weighted by Crippen LogP contribution is -2.28. The first kappa shape index (κ1) is 21.9. The number of aryl methyl sites for hydroxylation is 1. The first-order valence-corrected chi connectivity index (χ1v) is 11.4. The zero-order chi connectivity index (χ0) is 21.7. The number of sulfonamides is 1. The van der Waals surface area contributed by atoms with Crippen LogP contribution in [0.5, 0.6) is 0 Å². The number of rotatable bonds is 7. The van der Waals surface area contributed by atoms with E-state index in [0.717, 1.165) is 17.5 Å². The summed E-state index contributed by atoms with van der Waals surface area (Å²) in [4.78, 5) is 12.8. The van der Waals surface area contributed by atoms with Crippen molar-refractivity contribution in [2.24, 2.45) is 0 Å². The van der Waals surface area contributed by atoms with Crippen LogP contribution in [0.25, 0.3) is 0 Å².